The molecular formula is C18H23N2O5+. The number of nitrogens with one attached hydrogen (secondary N) is 2. The van der Waals surface area contributed by atoms with Gasteiger partial charge in [0.2, 0.25) is 0 Å². The highest BCUT2D eigenvalue weighted by Crippen LogP contribution is 2.20. The number of fused-ring (bicyclic) bond motifs is 1. The van der Waals surface area contributed by atoms with Gasteiger partial charge in [-0.15, -0.1) is 0 Å². The number of carbonyl (C=O) groups is 1. The Morgan fingerprint density at radius 3 is 2.84 bits per heavy atom. The zero-order valence-corrected chi connectivity index (χ0v) is 14.2. The Hall–Kier alpha value is -2.38. The third kappa shape index (κ3) is 4.80. The molecule has 0 aliphatic carbocycles. The summed E-state index contributed by atoms with van der Waals surface area (Å²) in [4.78, 5) is 24.9. The predicted molar refractivity (Wildman–Crippen MR) is 92.0 cm³/mol. The molecule has 1 atom stereocenters. The first-order valence-electron chi connectivity index (χ1n) is 8.51. The molecule has 1 saturated heterocycles. The van der Waals surface area contributed by atoms with Crippen molar-refractivity contribution < 1.29 is 23.6 Å². The van der Waals surface area contributed by atoms with E-state index in [4.69, 9.17) is 13.9 Å². The van der Waals surface area contributed by atoms with E-state index in [0.717, 1.165) is 38.2 Å². The molecule has 0 bridgehead atoms. The molecule has 0 unspecified atom stereocenters. The Balaban J connectivity index is 1.51. The van der Waals surface area contributed by atoms with Crippen LogP contribution in [0.5, 0.6) is 5.75 Å². The fourth-order valence-corrected chi connectivity index (χ4v) is 2.79. The number of hydrogen-bond donors (Lipinski definition) is 2. The second kappa shape index (κ2) is 8.13. The van der Waals surface area contributed by atoms with Gasteiger partial charge in [-0.2, -0.15) is 0 Å². The summed E-state index contributed by atoms with van der Waals surface area (Å²) in [6.07, 6.45) is -0.632. The van der Waals surface area contributed by atoms with Crippen LogP contribution in [0.15, 0.2) is 39.5 Å². The summed E-state index contributed by atoms with van der Waals surface area (Å²) in [5.41, 5.74) is 0.0228. The van der Waals surface area contributed by atoms with Crippen LogP contribution < -0.4 is 20.6 Å². The van der Waals surface area contributed by atoms with E-state index < -0.39 is 11.7 Å². The van der Waals surface area contributed by atoms with Gasteiger partial charge in [-0.1, -0.05) is 0 Å². The van der Waals surface area contributed by atoms with Gasteiger partial charge in [0.05, 0.1) is 26.3 Å². The van der Waals surface area contributed by atoms with Crippen molar-refractivity contribution in [3.8, 4) is 5.75 Å². The summed E-state index contributed by atoms with van der Waals surface area (Å²) in [7, 11) is 0. The van der Waals surface area contributed by atoms with Crippen molar-refractivity contribution in [2.45, 2.75) is 13.0 Å². The third-order valence-corrected chi connectivity index (χ3v) is 4.25. The maximum absolute atomic E-state index is 12.2. The molecule has 7 heteroatoms. The molecular weight excluding hydrogens is 324 g/mol. The minimum atomic E-state index is -0.632. The molecule has 0 spiro atoms. The van der Waals surface area contributed by atoms with Crippen molar-refractivity contribution in [2.24, 2.45) is 0 Å². The van der Waals surface area contributed by atoms with E-state index in [-0.39, 0.29) is 5.91 Å². The van der Waals surface area contributed by atoms with Crippen molar-refractivity contribution in [2.75, 3.05) is 39.4 Å². The second-order valence-electron chi connectivity index (χ2n) is 6.12. The minimum absolute atomic E-state index is 0.165. The molecule has 2 aromatic rings. The van der Waals surface area contributed by atoms with E-state index in [1.54, 1.807) is 31.2 Å². The fraction of sp³-hybridized carbons (Fsp3) is 0.444. The average Bonchev–Trinajstić information content (AvgIpc) is 2.62. The van der Waals surface area contributed by atoms with Crippen LogP contribution in [-0.4, -0.2) is 51.4 Å². The zero-order valence-electron chi connectivity index (χ0n) is 14.2. The summed E-state index contributed by atoms with van der Waals surface area (Å²) in [5.74, 6) is 0.325. The molecule has 0 radical (unpaired) electrons. The normalized spacial score (nSPS) is 16.5. The molecule has 7 nitrogen and oxygen atoms in total. The van der Waals surface area contributed by atoms with Crippen LogP contribution in [0.2, 0.25) is 0 Å². The fourth-order valence-electron chi connectivity index (χ4n) is 2.79. The Morgan fingerprint density at radius 1 is 1.28 bits per heavy atom. The highest BCUT2D eigenvalue weighted by atomic mass is 16.5. The van der Waals surface area contributed by atoms with Crippen LogP contribution in [0.1, 0.15) is 6.92 Å². The highest BCUT2D eigenvalue weighted by Gasteiger charge is 2.17. The van der Waals surface area contributed by atoms with Crippen LogP contribution in [0.4, 0.5) is 0 Å². The molecule has 3 rings (SSSR count). The third-order valence-electron chi connectivity index (χ3n) is 4.25. The van der Waals surface area contributed by atoms with Gasteiger partial charge in [-0.05, 0) is 25.1 Å². The van der Waals surface area contributed by atoms with Crippen molar-refractivity contribution >= 4 is 16.9 Å². The van der Waals surface area contributed by atoms with Gasteiger partial charge in [0.25, 0.3) is 5.91 Å². The number of ether oxygens (including phenoxy) is 2. The Kier molecular flexibility index (Phi) is 5.67. The first-order chi connectivity index (χ1) is 12.1. The maximum atomic E-state index is 12.2. The lowest BCUT2D eigenvalue weighted by Crippen LogP contribution is -3.14. The Morgan fingerprint density at radius 2 is 2.04 bits per heavy atom. The lowest BCUT2D eigenvalue weighted by molar-refractivity contribution is -0.906. The summed E-state index contributed by atoms with van der Waals surface area (Å²) in [5, 5.41) is 3.70. The van der Waals surface area contributed by atoms with Gasteiger partial charge in [0, 0.05) is 17.5 Å². The van der Waals surface area contributed by atoms with E-state index in [2.05, 4.69) is 5.32 Å². The lowest BCUT2D eigenvalue weighted by atomic mass is 10.2. The van der Waals surface area contributed by atoms with Crippen LogP contribution in [0.3, 0.4) is 0 Å². The van der Waals surface area contributed by atoms with E-state index >= 15 is 0 Å². The number of benzene rings is 1. The monoisotopic (exact) mass is 347 g/mol. The van der Waals surface area contributed by atoms with Crippen LogP contribution in [0.25, 0.3) is 11.0 Å². The number of rotatable bonds is 6. The molecule has 134 valence electrons. The maximum Gasteiger partial charge on any atom is 0.336 e. The van der Waals surface area contributed by atoms with Gasteiger partial charge in [-0.25, -0.2) is 4.79 Å². The van der Waals surface area contributed by atoms with Gasteiger partial charge in [0.15, 0.2) is 6.10 Å². The molecule has 2 N–H and O–H groups in total. The van der Waals surface area contributed by atoms with Crippen LogP contribution in [-0.2, 0) is 9.53 Å². The van der Waals surface area contributed by atoms with Crippen molar-refractivity contribution in [3.05, 3.63) is 40.8 Å². The topological polar surface area (TPSA) is 82.2 Å². The largest absolute Gasteiger partial charge is 0.481 e. The summed E-state index contributed by atoms with van der Waals surface area (Å²) in [6, 6.07) is 8.23. The Bertz CT molecular complexity index is 782. The molecule has 1 fully saturated rings. The lowest BCUT2D eigenvalue weighted by Gasteiger charge is -2.24. The molecule has 1 aliphatic rings. The van der Waals surface area contributed by atoms with Gasteiger partial charge in [-0.3, -0.25) is 4.79 Å². The zero-order chi connectivity index (χ0) is 17.6. The standard InChI is InChI=1S/C18H22N2O5/c1-13(18(22)19-6-7-20-8-10-23-11-9-20)24-15-4-2-14-3-5-17(21)25-16(14)12-15/h2-5,12-13H,6-11H2,1H3,(H,19,22)/p+1/t13-/m1/s1. The number of quaternary nitrogens is 1. The van der Waals surface area contributed by atoms with Crippen LogP contribution >= 0.6 is 0 Å². The van der Waals surface area contributed by atoms with Gasteiger partial charge < -0.3 is 24.1 Å². The van der Waals surface area contributed by atoms with E-state index in [0.29, 0.717) is 17.9 Å². The molecule has 25 heavy (non-hydrogen) atoms. The molecule has 2 heterocycles. The van der Waals surface area contributed by atoms with Crippen molar-refractivity contribution in [1.82, 2.24) is 5.32 Å². The van der Waals surface area contributed by atoms with E-state index in [1.165, 1.54) is 11.0 Å². The number of amides is 1. The summed E-state index contributed by atoms with van der Waals surface area (Å²) in [6.45, 7) is 6.69. The molecule has 1 amide bonds. The predicted octanol–water partition coefficient (Wildman–Crippen LogP) is -0.408. The minimum Gasteiger partial charge on any atom is -0.481 e. The van der Waals surface area contributed by atoms with Crippen LogP contribution in [0, 0.1) is 0 Å². The first kappa shape index (κ1) is 17.4. The molecule has 0 saturated carbocycles. The summed E-state index contributed by atoms with van der Waals surface area (Å²) >= 11 is 0. The molecule has 1 aromatic heterocycles. The van der Waals surface area contributed by atoms with E-state index in [1.807, 2.05) is 0 Å². The average molecular weight is 347 g/mol. The van der Waals surface area contributed by atoms with Crippen molar-refractivity contribution in [3.63, 3.8) is 0 Å². The number of hydrogen-bond acceptors (Lipinski definition) is 5. The number of morpholine rings is 1. The van der Waals surface area contributed by atoms with E-state index in [9.17, 15) is 9.59 Å². The van der Waals surface area contributed by atoms with Crippen molar-refractivity contribution in [1.29, 1.82) is 0 Å². The SMILES string of the molecule is C[C@@H](Oc1ccc2ccc(=O)oc2c1)C(=O)NCC[NH+]1CCOCC1. The smallest absolute Gasteiger partial charge is 0.336 e. The Labute approximate surface area is 145 Å². The van der Waals surface area contributed by atoms with Gasteiger partial charge in [0.1, 0.15) is 24.4 Å². The molecule has 1 aliphatic heterocycles. The quantitative estimate of drug-likeness (QED) is 0.695. The van der Waals surface area contributed by atoms with Gasteiger partial charge >= 0.3 is 5.63 Å². The first-order valence-corrected chi connectivity index (χ1v) is 8.51. The summed E-state index contributed by atoms with van der Waals surface area (Å²) < 4.78 is 16.1. The second-order valence-corrected chi connectivity index (χ2v) is 6.12. The number of carbonyl (C=O) groups excluding carboxylic acids is 1. The highest BCUT2D eigenvalue weighted by molar-refractivity contribution is 5.81. The molecule has 1 aromatic carbocycles.